The number of methoxy groups -OCH3 is 1. The van der Waals surface area contributed by atoms with E-state index in [0.717, 1.165) is 45.2 Å². The number of rotatable bonds is 5. The van der Waals surface area contributed by atoms with Crippen LogP contribution in [0.1, 0.15) is 0 Å². The van der Waals surface area contributed by atoms with Gasteiger partial charge in [-0.1, -0.05) is 12.1 Å². The number of benzene rings is 3. The van der Waals surface area contributed by atoms with Gasteiger partial charge in [0.25, 0.3) is 0 Å². The van der Waals surface area contributed by atoms with Crippen molar-refractivity contribution in [3.63, 3.8) is 0 Å². The number of fused-ring (bicyclic) bond motifs is 2. The third-order valence-corrected chi connectivity index (χ3v) is 5.03. The van der Waals surface area contributed by atoms with Gasteiger partial charge in [0.15, 0.2) is 0 Å². The van der Waals surface area contributed by atoms with Gasteiger partial charge in [0.05, 0.1) is 35.9 Å². The zero-order valence-electron chi connectivity index (χ0n) is 15.5. The minimum absolute atomic E-state index is 0.522. The molecule has 0 unspecified atom stereocenters. The summed E-state index contributed by atoms with van der Waals surface area (Å²) in [6.07, 6.45) is 1.13. The molecule has 0 aliphatic rings. The third-order valence-electron chi connectivity index (χ3n) is 4.42. The summed E-state index contributed by atoms with van der Waals surface area (Å²) < 4.78 is 30.6. The minimum atomic E-state index is -3.30. The number of hydrogen-bond acceptors (Lipinski definition) is 4. The monoisotopic (exact) mass is 394 g/mol. The molecule has 0 radical (unpaired) electrons. The summed E-state index contributed by atoms with van der Waals surface area (Å²) in [6, 6.07) is 21.1. The normalized spacial score (nSPS) is 11.5. The summed E-state index contributed by atoms with van der Waals surface area (Å²) >= 11 is 0. The van der Waals surface area contributed by atoms with Crippen LogP contribution < -0.4 is 19.8 Å². The quantitative estimate of drug-likeness (QED) is 0.503. The molecule has 0 spiro atoms. The molecule has 4 rings (SSSR count). The summed E-state index contributed by atoms with van der Waals surface area (Å²) in [5, 5.41) is 5.56. The molecule has 3 aromatic carbocycles. The second-order valence-corrected chi connectivity index (χ2v) is 8.28. The van der Waals surface area contributed by atoms with E-state index in [1.807, 2.05) is 48.5 Å². The van der Waals surface area contributed by atoms with Crippen LogP contribution in [0.2, 0.25) is 0 Å². The molecule has 1 aromatic heterocycles. The highest BCUT2D eigenvalue weighted by Gasteiger charge is 2.15. The maximum atomic E-state index is 11.4. The van der Waals surface area contributed by atoms with Crippen molar-refractivity contribution in [3.05, 3.63) is 66.7 Å². The molecule has 142 valence electrons. The molecule has 7 heteroatoms. The predicted molar refractivity (Wildman–Crippen MR) is 113 cm³/mol. The number of hydrogen-bond donors (Lipinski definition) is 2. The van der Waals surface area contributed by atoms with Crippen molar-refractivity contribution in [1.82, 2.24) is 0 Å². The van der Waals surface area contributed by atoms with E-state index in [1.54, 1.807) is 19.2 Å². The van der Waals surface area contributed by atoms with Crippen molar-refractivity contribution in [2.75, 3.05) is 23.4 Å². The van der Waals surface area contributed by atoms with E-state index in [0.29, 0.717) is 5.69 Å². The van der Waals surface area contributed by atoms with Crippen molar-refractivity contribution >= 4 is 48.9 Å². The second kappa shape index (κ2) is 7.01. The number of pyridine rings is 1. The molecule has 1 heterocycles. The maximum Gasteiger partial charge on any atom is 0.229 e. The highest BCUT2D eigenvalue weighted by atomic mass is 32.2. The summed E-state index contributed by atoms with van der Waals surface area (Å²) in [6.45, 7) is 0. The Hall–Kier alpha value is -3.32. The molecule has 0 fully saturated rings. The van der Waals surface area contributed by atoms with E-state index in [4.69, 9.17) is 4.74 Å². The van der Waals surface area contributed by atoms with Gasteiger partial charge in [0.1, 0.15) is 5.75 Å². The standard InChI is InChI=1S/C21H19N3O3S/c1-27-16-11-12-18-20(13-16)23-19-6-4-3-5-17(19)21(18)22-14-7-9-15(10-8-14)24-28(2,25)26/h3-13,24H,1-2H3,(H,22,23)/p+1. The highest BCUT2D eigenvalue weighted by molar-refractivity contribution is 7.92. The van der Waals surface area contributed by atoms with Crippen LogP contribution in [0.4, 0.5) is 17.1 Å². The number of anilines is 3. The Kier molecular flexibility index (Phi) is 4.52. The van der Waals surface area contributed by atoms with Crippen molar-refractivity contribution in [3.8, 4) is 5.75 Å². The fourth-order valence-electron chi connectivity index (χ4n) is 3.19. The van der Waals surface area contributed by atoms with E-state index in [2.05, 4.69) is 21.1 Å². The van der Waals surface area contributed by atoms with E-state index in [1.165, 1.54) is 0 Å². The molecule has 3 N–H and O–H groups in total. The molecule has 0 saturated carbocycles. The zero-order chi connectivity index (χ0) is 19.7. The maximum absolute atomic E-state index is 11.4. The Balaban J connectivity index is 1.80. The Labute approximate surface area is 163 Å². The van der Waals surface area contributed by atoms with E-state index >= 15 is 0 Å². The van der Waals surface area contributed by atoms with E-state index in [9.17, 15) is 8.42 Å². The van der Waals surface area contributed by atoms with Gasteiger partial charge in [-0.15, -0.1) is 0 Å². The van der Waals surface area contributed by atoms with Crippen molar-refractivity contribution in [2.24, 2.45) is 0 Å². The molecular formula is C21H20N3O3S+. The van der Waals surface area contributed by atoms with Crippen LogP contribution >= 0.6 is 0 Å². The van der Waals surface area contributed by atoms with Crippen LogP contribution in [-0.2, 0) is 10.0 Å². The average Bonchev–Trinajstić information content (AvgIpc) is 2.67. The average molecular weight is 394 g/mol. The molecular weight excluding hydrogens is 374 g/mol. The number of sulfonamides is 1. The first-order valence-electron chi connectivity index (χ1n) is 8.69. The lowest BCUT2D eigenvalue weighted by Crippen LogP contribution is -2.09. The Morgan fingerprint density at radius 1 is 0.857 bits per heavy atom. The molecule has 0 saturated heterocycles. The summed E-state index contributed by atoms with van der Waals surface area (Å²) in [5.74, 6) is 0.779. The first-order chi connectivity index (χ1) is 13.4. The topological polar surface area (TPSA) is 81.6 Å². The van der Waals surface area contributed by atoms with Gasteiger partial charge in [0, 0.05) is 17.4 Å². The number of para-hydroxylation sites is 1. The first kappa shape index (κ1) is 18.1. The fourth-order valence-corrected chi connectivity index (χ4v) is 3.75. The Morgan fingerprint density at radius 2 is 1.54 bits per heavy atom. The van der Waals surface area contributed by atoms with Gasteiger partial charge in [-0.25, -0.2) is 13.4 Å². The van der Waals surface area contributed by atoms with Crippen LogP contribution in [0.15, 0.2) is 66.7 Å². The Morgan fingerprint density at radius 3 is 2.25 bits per heavy atom. The largest absolute Gasteiger partial charge is 0.497 e. The molecule has 6 nitrogen and oxygen atoms in total. The molecule has 0 amide bonds. The summed E-state index contributed by atoms with van der Waals surface area (Å²) in [5.41, 5.74) is 4.30. The fraction of sp³-hybridized carbons (Fsp3) is 0.0952. The molecule has 0 aliphatic heterocycles. The zero-order valence-corrected chi connectivity index (χ0v) is 16.3. The van der Waals surface area contributed by atoms with Crippen molar-refractivity contribution < 1.29 is 18.1 Å². The van der Waals surface area contributed by atoms with Crippen LogP contribution in [0.25, 0.3) is 21.8 Å². The van der Waals surface area contributed by atoms with Gasteiger partial charge < -0.3 is 10.1 Å². The van der Waals surface area contributed by atoms with Gasteiger partial charge in [-0.05, 0) is 42.5 Å². The van der Waals surface area contributed by atoms with Crippen molar-refractivity contribution in [2.45, 2.75) is 0 Å². The number of aromatic amines is 1. The van der Waals surface area contributed by atoms with E-state index in [-0.39, 0.29) is 0 Å². The van der Waals surface area contributed by atoms with Gasteiger partial charge in [-0.3, -0.25) is 4.72 Å². The second-order valence-electron chi connectivity index (χ2n) is 6.53. The minimum Gasteiger partial charge on any atom is -0.497 e. The van der Waals surface area contributed by atoms with Crippen LogP contribution in [0.3, 0.4) is 0 Å². The Bertz CT molecular complexity index is 1270. The summed E-state index contributed by atoms with van der Waals surface area (Å²) in [4.78, 5) is 3.45. The van der Waals surface area contributed by atoms with Crippen LogP contribution in [0.5, 0.6) is 5.75 Å². The lowest BCUT2D eigenvalue weighted by molar-refractivity contribution is -0.310. The third kappa shape index (κ3) is 3.70. The molecule has 0 aliphatic carbocycles. The van der Waals surface area contributed by atoms with Crippen LogP contribution in [-0.4, -0.2) is 21.8 Å². The predicted octanol–water partition coefficient (Wildman–Crippen LogP) is 3.93. The van der Waals surface area contributed by atoms with E-state index < -0.39 is 10.0 Å². The lowest BCUT2D eigenvalue weighted by atomic mass is 10.1. The SMILES string of the molecule is COc1ccc2c(Nc3ccc(NS(C)(=O)=O)cc3)c3ccccc3[nH+]c2c1. The summed E-state index contributed by atoms with van der Waals surface area (Å²) in [7, 11) is -1.65. The molecule has 0 atom stereocenters. The molecule has 28 heavy (non-hydrogen) atoms. The van der Waals surface area contributed by atoms with Gasteiger partial charge in [0.2, 0.25) is 21.1 Å². The highest BCUT2D eigenvalue weighted by Crippen LogP contribution is 2.33. The number of nitrogens with one attached hydrogen (secondary N) is 3. The molecule has 4 aromatic rings. The smallest absolute Gasteiger partial charge is 0.229 e. The lowest BCUT2D eigenvalue weighted by Gasteiger charge is -2.12. The number of aromatic nitrogens is 1. The first-order valence-corrected chi connectivity index (χ1v) is 10.6. The molecule has 0 bridgehead atoms. The van der Waals surface area contributed by atoms with Crippen molar-refractivity contribution in [1.29, 1.82) is 0 Å². The number of ether oxygens (including phenoxy) is 1. The number of H-pyrrole nitrogens is 1. The van der Waals surface area contributed by atoms with Crippen LogP contribution in [0, 0.1) is 0 Å². The van der Waals surface area contributed by atoms with Gasteiger partial charge in [-0.2, -0.15) is 0 Å². The van der Waals surface area contributed by atoms with Gasteiger partial charge >= 0.3 is 0 Å².